The van der Waals surface area contributed by atoms with Crippen LogP contribution in [0.25, 0.3) is 0 Å². The van der Waals surface area contributed by atoms with E-state index in [-0.39, 0.29) is 12.4 Å². The van der Waals surface area contributed by atoms with E-state index < -0.39 is 23.7 Å². The van der Waals surface area contributed by atoms with Crippen molar-refractivity contribution in [2.45, 2.75) is 46.3 Å². The quantitative estimate of drug-likeness (QED) is 0.662. The summed E-state index contributed by atoms with van der Waals surface area (Å²) in [5, 5.41) is 18.0. The molecule has 0 aliphatic rings. The lowest BCUT2D eigenvalue weighted by atomic mass is 10.1. The lowest BCUT2D eigenvalue weighted by Crippen LogP contribution is -2.46. The lowest BCUT2D eigenvalue weighted by molar-refractivity contribution is -0.140. The third kappa shape index (κ3) is 10.7. The Labute approximate surface area is 106 Å². The van der Waals surface area contributed by atoms with Gasteiger partial charge >= 0.3 is 12.1 Å². The summed E-state index contributed by atoms with van der Waals surface area (Å²) in [4.78, 5) is 30.4. The number of carbonyl (C=O) groups is 3. The summed E-state index contributed by atoms with van der Waals surface area (Å²) in [6, 6.07) is -0.917. The number of ether oxygens (including phenoxy) is 1. The summed E-state index contributed by atoms with van der Waals surface area (Å²) in [5.74, 6) is -1.24. The first-order valence-corrected chi connectivity index (χ1v) is 5.35. The van der Waals surface area contributed by atoms with Crippen molar-refractivity contribution in [2.24, 2.45) is 5.92 Å². The van der Waals surface area contributed by atoms with Crippen LogP contribution in [-0.2, 0) is 14.3 Å². The number of hydrogen-bond donors (Lipinski definition) is 3. The van der Waals surface area contributed by atoms with Gasteiger partial charge in [-0.2, -0.15) is 0 Å². The summed E-state index contributed by atoms with van der Waals surface area (Å²) >= 11 is 0. The minimum absolute atomic E-state index is 0.185. The van der Waals surface area contributed by atoms with Crippen LogP contribution in [0.4, 0.5) is 4.79 Å². The summed E-state index contributed by atoms with van der Waals surface area (Å²) in [7, 11) is 0. The van der Waals surface area contributed by atoms with E-state index in [2.05, 4.69) is 5.32 Å². The fourth-order valence-corrected chi connectivity index (χ4v) is 0.948. The Morgan fingerprint density at radius 1 is 1.28 bits per heavy atom. The van der Waals surface area contributed by atoms with E-state index >= 15 is 0 Å². The second-order valence-corrected chi connectivity index (χ2v) is 4.81. The number of carboxylic acids is 1. The molecule has 0 aromatic rings. The monoisotopic (exact) mass is 263 g/mol. The molecule has 0 radical (unpaired) electrons. The number of amides is 1. The van der Waals surface area contributed by atoms with E-state index in [0.29, 0.717) is 0 Å². The first kappa shape index (κ1) is 18.6. The van der Waals surface area contributed by atoms with Crippen LogP contribution in [0.3, 0.4) is 0 Å². The molecule has 0 fully saturated rings. The molecule has 1 atom stereocenters. The summed E-state index contributed by atoms with van der Waals surface area (Å²) in [6.45, 7) is 8.35. The number of rotatable bonds is 3. The molecule has 0 rings (SSSR count). The van der Waals surface area contributed by atoms with E-state index in [0.717, 1.165) is 0 Å². The number of aliphatic carboxylic acids is 1. The first-order chi connectivity index (χ1) is 8.05. The van der Waals surface area contributed by atoms with E-state index in [1.165, 1.54) is 0 Å². The fourth-order valence-electron chi connectivity index (χ4n) is 0.948. The third-order valence-electron chi connectivity index (χ3n) is 1.60. The molecule has 1 amide bonds. The van der Waals surface area contributed by atoms with Crippen molar-refractivity contribution in [3.05, 3.63) is 0 Å². The van der Waals surface area contributed by atoms with Crippen molar-refractivity contribution >= 4 is 18.5 Å². The average molecular weight is 263 g/mol. The van der Waals surface area contributed by atoms with Gasteiger partial charge in [-0.15, -0.1) is 0 Å². The zero-order valence-electron chi connectivity index (χ0n) is 11.3. The molecule has 7 heteroatoms. The molecule has 7 nitrogen and oxygen atoms in total. The molecule has 0 aliphatic heterocycles. The van der Waals surface area contributed by atoms with Gasteiger partial charge in [-0.25, -0.2) is 9.59 Å². The van der Waals surface area contributed by atoms with Crippen LogP contribution in [-0.4, -0.2) is 40.4 Å². The first-order valence-electron chi connectivity index (χ1n) is 5.35. The highest BCUT2D eigenvalue weighted by atomic mass is 16.6. The Hall–Kier alpha value is -1.79. The van der Waals surface area contributed by atoms with Crippen LogP contribution in [0.1, 0.15) is 34.6 Å². The summed E-state index contributed by atoms with van der Waals surface area (Å²) in [5.41, 5.74) is -0.621. The molecule has 18 heavy (non-hydrogen) atoms. The fraction of sp³-hybridized carbons (Fsp3) is 0.727. The van der Waals surface area contributed by atoms with Crippen LogP contribution >= 0.6 is 0 Å². The van der Waals surface area contributed by atoms with Crippen LogP contribution < -0.4 is 5.32 Å². The molecule has 0 bridgehead atoms. The van der Waals surface area contributed by atoms with Gasteiger partial charge in [0.05, 0.1) is 0 Å². The second-order valence-electron chi connectivity index (χ2n) is 4.81. The zero-order chi connectivity index (χ0) is 14.9. The standard InChI is InChI=1S/C10H19NO4.CH2O2/c1-6(2)7(8(12)13)11-9(14)15-10(3,4)5;2-1-3/h6-7H,1-5H3,(H,11,14)(H,12,13);1H,(H,2,3)/t7-;/m0./s1. The highest BCUT2D eigenvalue weighted by molar-refractivity contribution is 5.80. The van der Waals surface area contributed by atoms with Gasteiger partial charge in [0, 0.05) is 0 Å². The minimum Gasteiger partial charge on any atom is -0.483 e. The van der Waals surface area contributed by atoms with Gasteiger partial charge in [-0.05, 0) is 26.7 Å². The van der Waals surface area contributed by atoms with E-state index in [1.807, 2.05) is 0 Å². The van der Waals surface area contributed by atoms with Gasteiger partial charge in [0.2, 0.25) is 0 Å². The molecular formula is C11H21NO6. The highest BCUT2D eigenvalue weighted by Crippen LogP contribution is 2.08. The lowest BCUT2D eigenvalue weighted by Gasteiger charge is -2.23. The molecule has 0 saturated heterocycles. The predicted molar refractivity (Wildman–Crippen MR) is 64.3 cm³/mol. The van der Waals surface area contributed by atoms with Crippen molar-refractivity contribution < 1.29 is 29.3 Å². The molecule has 106 valence electrons. The maximum atomic E-state index is 11.3. The molecule has 0 unspecified atom stereocenters. The van der Waals surface area contributed by atoms with Crippen LogP contribution in [0.15, 0.2) is 0 Å². The van der Waals surface area contributed by atoms with Crippen molar-refractivity contribution in [1.29, 1.82) is 0 Å². The molecular weight excluding hydrogens is 242 g/mol. The molecule has 0 aromatic heterocycles. The maximum absolute atomic E-state index is 11.3. The largest absolute Gasteiger partial charge is 0.483 e. The third-order valence-corrected chi connectivity index (χ3v) is 1.60. The molecule has 0 spiro atoms. The van der Waals surface area contributed by atoms with Gasteiger partial charge in [-0.1, -0.05) is 13.8 Å². The normalized spacial score (nSPS) is 11.9. The van der Waals surface area contributed by atoms with Crippen LogP contribution in [0.5, 0.6) is 0 Å². The van der Waals surface area contributed by atoms with E-state index in [9.17, 15) is 9.59 Å². The molecule has 0 saturated carbocycles. The van der Waals surface area contributed by atoms with Crippen LogP contribution in [0.2, 0.25) is 0 Å². The Morgan fingerprint density at radius 3 is 1.89 bits per heavy atom. The van der Waals surface area contributed by atoms with E-state index in [4.69, 9.17) is 19.7 Å². The second kappa shape index (κ2) is 8.32. The zero-order valence-corrected chi connectivity index (χ0v) is 11.3. The number of nitrogens with one attached hydrogen (secondary N) is 1. The topological polar surface area (TPSA) is 113 Å². The predicted octanol–water partition coefficient (Wildman–Crippen LogP) is 1.32. The van der Waals surface area contributed by atoms with Crippen molar-refractivity contribution in [3.63, 3.8) is 0 Å². The average Bonchev–Trinajstić information content (AvgIpc) is 2.11. The van der Waals surface area contributed by atoms with Crippen molar-refractivity contribution in [2.75, 3.05) is 0 Å². The Balaban J connectivity index is 0. The summed E-state index contributed by atoms with van der Waals surface area (Å²) < 4.78 is 4.96. The van der Waals surface area contributed by atoms with Crippen molar-refractivity contribution in [3.8, 4) is 0 Å². The number of carboxylic acid groups (broad SMARTS) is 2. The van der Waals surface area contributed by atoms with E-state index in [1.54, 1.807) is 34.6 Å². The minimum atomic E-state index is -1.06. The number of alkyl carbamates (subject to hydrolysis) is 1. The van der Waals surface area contributed by atoms with Gasteiger partial charge in [-0.3, -0.25) is 4.79 Å². The number of hydrogen-bond acceptors (Lipinski definition) is 4. The highest BCUT2D eigenvalue weighted by Gasteiger charge is 2.26. The maximum Gasteiger partial charge on any atom is 0.408 e. The SMILES string of the molecule is CC(C)[C@H](NC(=O)OC(C)(C)C)C(=O)O.O=CO. The molecule has 0 heterocycles. The van der Waals surface area contributed by atoms with Gasteiger partial charge in [0.15, 0.2) is 0 Å². The summed E-state index contributed by atoms with van der Waals surface area (Å²) in [6.07, 6.45) is -0.705. The molecule has 0 aromatic carbocycles. The number of carbonyl (C=O) groups excluding carboxylic acids is 1. The smallest absolute Gasteiger partial charge is 0.408 e. The van der Waals surface area contributed by atoms with Gasteiger partial charge in [0.25, 0.3) is 6.47 Å². The van der Waals surface area contributed by atoms with Crippen molar-refractivity contribution in [1.82, 2.24) is 5.32 Å². The molecule has 3 N–H and O–H groups in total. The molecule has 0 aliphatic carbocycles. The Bertz CT molecular complexity index is 282. The van der Waals surface area contributed by atoms with Gasteiger partial charge in [0.1, 0.15) is 11.6 Å². The Kier molecular flexibility index (Phi) is 8.59. The van der Waals surface area contributed by atoms with Crippen LogP contribution in [0, 0.1) is 5.92 Å². The Morgan fingerprint density at radius 2 is 1.67 bits per heavy atom. The van der Waals surface area contributed by atoms with Gasteiger partial charge < -0.3 is 20.3 Å².